The highest BCUT2D eigenvalue weighted by Crippen LogP contribution is 2.21. The number of hydrogen-bond acceptors (Lipinski definition) is 6. The minimum atomic E-state index is -3.69. The first kappa shape index (κ1) is 15.2. The number of benzene rings is 1. The maximum absolute atomic E-state index is 11.2. The molecule has 4 N–H and O–H groups in total. The van der Waals surface area contributed by atoms with Crippen molar-refractivity contribution in [3.63, 3.8) is 0 Å². The molecule has 0 aliphatic carbocycles. The van der Waals surface area contributed by atoms with Crippen LogP contribution < -0.4 is 10.5 Å². The number of anilines is 2. The van der Waals surface area contributed by atoms with Crippen molar-refractivity contribution in [2.45, 2.75) is 4.90 Å². The average molecular weight is 327 g/mol. The summed E-state index contributed by atoms with van der Waals surface area (Å²) in [4.78, 5) is 15.1. The van der Waals surface area contributed by atoms with Crippen molar-refractivity contribution in [1.29, 1.82) is 0 Å². The van der Waals surface area contributed by atoms with Crippen LogP contribution >= 0.6 is 12.4 Å². The Kier molecular flexibility index (Phi) is 4.07. The van der Waals surface area contributed by atoms with Crippen molar-refractivity contribution < 1.29 is 8.42 Å². The van der Waals surface area contributed by atoms with Gasteiger partial charge in [0.2, 0.25) is 10.0 Å². The molecule has 10 heteroatoms. The Balaban J connectivity index is 0.00000161. The second-order valence-electron chi connectivity index (χ2n) is 4.02. The van der Waals surface area contributed by atoms with E-state index in [1.54, 1.807) is 12.1 Å². The van der Waals surface area contributed by atoms with Crippen molar-refractivity contribution in [2.75, 3.05) is 5.32 Å². The maximum atomic E-state index is 11.2. The molecule has 0 saturated carbocycles. The molecule has 2 heterocycles. The summed E-state index contributed by atoms with van der Waals surface area (Å²) < 4.78 is 22.3. The zero-order valence-corrected chi connectivity index (χ0v) is 12.1. The summed E-state index contributed by atoms with van der Waals surface area (Å²) in [6.07, 6.45) is 2.92. The van der Waals surface area contributed by atoms with E-state index in [9.17, 15) is 8.42 Å². The molecule has 2 aromatic heterocycles. The number of imidazole rings is 1. The Morgan fingerprint density at radius 3 is 2.48 bits per heavy atom. The van der Waals surface area contributed by atoms with Crippen molar-refractivity contribution >= 4 is 45.1 Å². The van der Waals surface area contributed by atoms with Gasteiger partial charge in [-0.05, 0) is 24.3 Å². The van der Waals surface area contributed by atoms with Gasteiger partial charge in [-0.15, -0.1) is 12.4 Å². The predicted molar refractivity (Wildman–Crippen MR) is 80.0 cm³/mol. The number of primary sulfonamides is 1. The molecule has 0 aliphatic heterocycles. The zero-order chi connectivity index (χ0) is 14.2. The summed E-state index contributed by atoms with van der Waals surface area (Å²) in [5.74, 6) is 0.552. The summed E-state index contributed by atoms with van der Waals surface area (Å²) in [5.41, 5.74) is 1.89. The molecule has 110 valence electrons. The normalized spacial score (nSPS) is 11.1. The number of aromatic nitrogens is 4. The lowest BCUT2D eigenvalue weighted by atomic mass is 10.3. The first-order valence-corrected chi connectivity index (χ1v) is 7.12. The van der Waals surface area contributed by atoms with Gasteiger partial charge in [0.25, 0.3) is 0 Å². The van der Waals surface area contributed by atoms with Gasteiger partial charge >= 0.3 is 0 Å². The average Bonchev–Trinajstić information content (AvgIpc) is 2.88. The van der Waals surface area contributed by atoms with Gasteiger partial charge in [-0.3, -0.25) is 0 Å². The van der Waals surface area contributed by atoms with Crippen LogP contribution in [0.4, 0.5) is 11.5 Å². The molecule has 0 fully saturated rings. The van der Waals surface area contributed by atoms with Gasteiger partial charge in [0.1, 0.15) is 11.8 Å². The third kappa shape index (κ3) is 3.10. The summed E-state index contributed by atoms with van der Waals surface area (Å²) in [7, 11) is -3.69. The number of nitrogens with one attached hydrogen (secondary N) is 2. The molecular weight excluding hydrogens is 316 g/mol. The minimum absolute atomic E-state index is 0. The SMILES string of the molecule is Cl.NS(=O)(=O)c1ccc(Nc2ncnc3nc[nH]c23)cc1. The van der Waals surface area contributed by atoms with Gasteiger partial charge in [-0.2, -0.15) is 0 Å². The standard InChI is InChI=1S/C11H10N6O2S.ClH/c12-20(18,19)8-3-1-7(2-4-8)17-11-9-10(14-5-13-9)15-6-16-11;/h1-6H,(H2,12,18,19)(H2,13,14,15,16,17);1H. The fourth-order valence-corrected chi connectivity index (χ4v) is 2.24. The summed E-state index contributed by atoms with van der Waals surface area (Å²) in [6, 6.07) is 6.04. The van der Waals surface area contributed by atoms with Crippen LogP contribution in [0, 0.1) is 0 Å². The van der Waals surface area contributed by atoms with Gasteiger partial charge in [0.05, 0.1) is 11.2 Å². The second-order valence-corrected chi connectivity index (χ2v) is 5.58. The largest absolute Gasteiger partial charge is 0.340 e. The molecule has 8 nitrogen and oxygen atoms in total. The number of H-pyrrole nitrogens is 1. The lowest BCUT2D eigenvalue weighted by molar-refractivity contribution is 0.598. The Morgan fingerprint density at radius 1 is 1.10 bits per heavy atom. The van der Waals surface area contributed by atoms with Crippen LogP contribution in [0.25, 0.3) is 11.2 Å². The molecule has 0 spiro atoms. The Labute approximate surface area is 126 Å². The number of rotatable bonds is 3. The summed E-state index contributed by atoms with van der Waals surface area (Å²) >= 11 is 0. The van der Waals surface area contributed by atoms with Crippen LogP contribution in [0.2, 0.25) is 0 Å². The fourth-order valence-electron chi connectivity index (χ4n) is 1.72. The number of halogens is 1. The number of fused-ring (bicyclic) bond motifs is 1. The summed E-state index contributed by atoms with van der Waals surface area (Å²) in [6.45, 7) is 0. The number of nitrogens with zero attached hydrogens (tertiary/aromatic N) is 3. The fraction of sp³-hybridized carbons (Fsp3) is 0. The molecule has 0 amide bonds. The van der Waals surface area contributed by atoms with Crippen LogP contribution in [-0.2, 0) is 10.0 Å². The van der Waals surface area contributed by atoms with E-state index in [4.69, 9.17) is 5.14 Å². The van der Waals surface area contributed by atoms with Crippen LogP contribution in [0.3, 0.4) is 0 Å². The van der Waals surface area contributed by atoms with E-state index >= 15 is 0 Å². The highest BCUT2D eigenvalue weighted by Gasteiger charge is 2.08. The van der Waals surface area contributed by atoms with Crippen molar-refractivity contribution in [3.05, 3.63) is 36.9 Å². The van der Waals surface area contributed by atoms with E-state index in [1.165, 1.54) is 24.8 Å². The Bertz CT molecular complexity index is 862. The third-order valence-corrected chi connectivity index (χ3v) is 3.60. The zero-order valence-electron chi connectivity index (χ0n) is 10.5. The van der Waals surface area contributed by atoms with E-state index in [-0.39, 0.29) is 17.3 Å². The number of sulfonamides is 1. The first-order chi connectivity index (χ1) is 9.54. The number of hydrogen-bond donors (Lipinski definition) is 3. The smallest absolute Gasteiger partial charge is 0.238 e. The molecule has 1 aromatic carbocycles. The molecule has 0 aliphatic rings. The van der Waals surface area contributed by atoms with Crippen LogP contribution in [0.15, 0.2) is 41.8 Å². The van der Waals surface area contributed by atoms with E-state index in [1.807, 2.05) is 0 Å². The second kappa shape index (κ2) is 5.64. The molecule has 21 heavy (non-hydrogen) atoms. The molecular formula is C11H11ClN6O2S. The lowest BCUT2D eigenvalue weighted by Gasteiger charge is -2.06. The number of aromatic amines is 1. The van der Waals surface area contributed by atoms with Crippen LogP contribution in [-0.4, -0.2) is 28.4 Å². The third-order valence-electron chi connectivity index (χ3n) is 2.67. The molecule has 3 rings (SSSR count). The molecule has 0 bridgehead atoms. The molecule has 0 atom stereocenters. The molecule has 3 aromatic rings. The first-order valence-electron chi connectivity index (χ1n) is 5.58. The van der Waals surface area contributed by atoms with E-state index in [0.29, 0.717) is 22.7 Å². The quantitative estimate of drug-likeness (QED) is 0.663. The Hall–Kier alpha value is -2.23. The molecule has 0 radical (unpaired) electrons. The van der Waals surface area contributed by atoms with Gasteiger partial charge in [-0.25, -0.2) is 28.5 Å². The van der Waals surface area contributed by atoms with Gasteiger partial charge in [-0.1, -0.05) is 0 Å². The van der Waals surface area contributed by atoms with Crippen LogP contribution in [0.1, 0.15) is 0 Å². The maximum Gasteiger partial charge on any atom is 0.238 e. The van der Waals surface area contributed by atoms with E-state index in [0.717, 1.165) is 0 Å². The van der Waals surface area contributed by atoms with Crippen molar-refractivity contribution in [1.82, 2.24) is 19.9 Å². The molecule has 0 saturated heterocycles. The van der Waals surface area contributed by atoms with Gasteiger partial charge in [0, 0.05) is 5.69 Å². The van der Waals surface area contributed by atoms with Gasteiger partial charge < -0.3 is 10.3 Å². The molecule has 0 unspecified atom stereocenters. The minimum Gasteiger partial charge on any atom is -0.340 e. The highest BCUT2D eigenvalue weighted by atomic mass is 35.5. The Morgan fingerprint density at radius 2 is 1.81 bits per heavy atom. The number of nitrogens with two attached hydrogens (primary N) is 1. The van der Waals surface area contributed by atoms with Crippen LogP contribution in [0.5, 0.6) is 0 Å². The lowest BCUT2D eigenvalue weighted by Crippen LogP contribution is -2.11. The van der Waals surface area contributed by atoms with E-state index < -0.39 is 10.0 Å². The monoisotopic (exact) mass is 326 g/mol. The predicted octanol–water partition coefficient (Wildman–Crippen LogP) is 1.17. The van der Waals surface area contributed by atoms with Crippen molar-refractivity contribution in [3.8, 4) is 0 Å². The van der Waals surface area contributed by atoms with E-state index in [2.05, 4.69) is 25.3 Å². The highest BCUT2D eigenvalue weighted by molar-refractivity contribution is 7.89. The topological polar surface area (TPSA) is 127 Å². The van der Waals surface area contributed by atoms with Gasteiger partial charge in [0.15, 0.2) is 11.5 Å². The van der Waals surface area contributed by atoms with Crippen molar-refractivity contribution in [2.24, 2.45) is 5.14 Å². The summed E-state index contributed by atoms with van der Waals surface area (Å²) in [5, 5.41) is 8.09.